The van der Waals surface area contributed by atoms with E-state index in [0.29, 0.717) is 30.2 Å². The second kappa shape index (κ2) is 7.63. The summed E-state index contributed by atoms with van der Waals surface area (Å²) in [6.45, 7) is 2.30. The van der Waals surface area contributed by atoms with E-state index in [-0.39, 0.29) is 24.1 Å². The van der Waals surface area contributed by atoms with Crippen molar-refractivity contribution < 1.29 is 19.2 Å². The van der Waals surface area contributed by atoms with Crippen LogP contribution in [0.3, 0.4) is 0 Å². The van der Waals surface area contributed by atoms with Gasteiger partial charge in [-0.15, -0.1) is 0 Å². The van der Waals surface area contributed by atoms with Gasteiger partial charge in [0, 0.05) is 42.2 Å². The summed E-state index contributed by atoms with van der Waals surface area (Å²) >= 11 is 1.39. The Morgan fingerprint density at radius 1 is 1.34 bits per heavy atom. The predicted octanol–water partition coefficient (Wildman–Crippen LogP) is 1.47. The number of carbonyl (C=O) groups excluding carboxylic acids is 4. The number of amides is 4. The Morgan fingerprint density at radius 2 is 2.17 bits per heavy atom. The van der Waals surface area contributed by atoms with Crippen molar-refractivity contribution in [2.75, 3.05) is 10.6 Å². The zero-order valence-corrected chi connectivity index (χ0v) is 16.5. The normalized spacial score (nSPS) is 18.4. The quantitative estimate of drug-likeness (QED) is 0.639. The number of thiazole rings is 1. The van der Waals surface area contributed by atoms with Gasteiger partial charge in [-0.3, -0.25) is 24.5 Å². The van der Waals surface area contributed by atoms with Gasteiger partial charge in [-0.25, -0.2) is 4.98 Å². The molecule has 2 aliphatic rings. The van der Waals surface area contributed by atoms with Crippen LogP contribution in [0.15, 0.2) is 24.4 Å². The molecule has 1 aromatic carbocycles. The summed E-state index contributed by atoms with van der Waals surface area (Å²) < 4.78 is 0. The molecule has 0 aliphatic carbocycles. The average Bonchev–Trinajstić information content (AvgIpc) is 3.24. The van der Waals surface area contributed by atoms with E-state index < -0.39 is 11.9 Å². The topological polar surface area (TPSA) is 120 Å². The maximum absolute atomic E-state index is 12.7. The van der Waals surface area contributed by atoms with Gasteiger partial charge in [0.15, 0.2) is 5.13 Å². The van der Waals surface area contributed by atoms with Gasteiger partial charge in [0.25, 0.3) is 5.91 Å². The van der Waals surface area contributed by atoms with E-state index >= 15 is 0 Å². The number of fused-ring (bicyclic) bond motifs is 1. The molecule has 3 N–H and O–H groups in total. The highest BCUT2D eigenvalue weighted by molar-refractivity contribution is 7.15. The van der Waals surface area contributed by atoms with Crippen LogP contribution in [-0.4, -0.2) is 39.6 Å². The maximum atomic E-state index is 12.7. The van der Waals surface area contributed by atoms with Crippen LogP contribution >= 0.6 is 11.3 Å². The van der Waals surface area contributed by atoms with Gasteiger partial charge in [-0.05, 0) is 30.2 Å². The molecule has 0 radical (unpaired) electrons. The maximum Gasteiger partial charge on any atom is 0.255 e. The Labute approximate surface area is 170 Å². The van der Waals surface area contributed by atoms with Crippen LogP contribution in [-0.2, 0) is 27.5 Å². The number of anilines is 2. The summed E-state index contributed by atoms with van der Waals surface area (Å²) in [7, 11) is 0. The Hall–Kier alpha value is -3.27. The average molecular weight is 413 g/mol. The summed E-state index contributed by atoms with van der Waals surface area (Å²) in [5.41, 5.74) is 2.26. The van der Waals surface area contributed by atoms with Crippen LogP contribution in [0, 0.1) is 0 Å². The van der Waals surface area contributed by atoms with E-state index in [1.807, 2.05) is 12.1 Å². The molecule has 29 heavy (non-hydrogen) atoms. The number of piperidine rings is 1. The molecule has 0 saturated carbocycles. The first-order valence-electron chi connectivity index (χ1n) is 9.14. The van der Waals surface area contributed by atoms with E-state index in [2.05, 4.69) is 20.9 Å². The molecule has 1 unspecified atom stereocenters. The smallest absolute Gasteiger partial charge is 0.255 e. The van der Waals surface area contributed by atoms with E-state index in [1.165, 1.54) is 23.2 Å². The van der Waals surface area contributed by atoms with Crippen molar-refractivity contribution in [1.29, 1.82) is 0 Å². The van der Waals surface area contributed by atoms with Gasteiger partial charge in [0.1, 0.15) is 6.04 Å². The molecule has 2 aliphatic heterocycles. The monoisotopic (exact) mass is 413 g/mol. The van der Waals surface area contributed by atoms with Crippen LogP contribution < -0.4 is 16.0 Å². The number of carbonyl (C=O) groups is 4. The SMILES string of the molecule is CC(=O)Nc1ncc(CNc2ccc3c(c2)CN(C2CCC(=O)NC2=O)C3=O)s1. The molecule has 1 saturated heterocycles. The zero-order chi connectivity index (χ0) is 20.5. The van der Waals surface area contributed by atoms with Crippen LogP contribution in [0.4, 0.5) is 10.8 Å². The second-order valence-electron chi connectivity index (χ2n) is 6.94. The lowest BCUT2D eigenvalue weighted by Crippen LogP contribution is -2.52. The first-order chi connectivity index (χ1) is 13.9. The van der Waals surface area contributed by atoms with Crippen LogP contribution in [0.5, 0.6) is 0 Å². The minimum atomic E-state index is -0.617. The van der Waals surface area contributed by atoms with Gasteiger partial charge in [-0.2, -0.15) is 0 Å². The molecule has 2 aromatic rings. The number of nitrogens with one attached hydrogen (secondary N) is 3. The number of aromatic nitrogens is 1. The fraction of sp³-hybridized carbons (Fsp3) is 0.316. The molecule has 3 heterocycles. The number of hydrogen-bond acceptors (Lipinski definition) is 7. The molecule has 9 nitrogen and oxygen atoms in total. The zero-order valence-electron chi connectivity index (χ0n) is 15.7. The lowest BCUT2D eigenvalue weighted by Gasteiger charge is -2.29. The molecule has 1 atom stereocenters. The summed E-state index contributed by atoms with van der Waals surface area (Å²) in [4.78, 5) is 53.9. The number of hydrogen-bond donors (Lipinski definition) is 3. The van der Waals surface area contributed by atoms with Gasteiger partial charge >= 0.3 is 0 Å². The molecular formula is C19H19N5O4S. The number of benzene rings is 1. The minimum absolute atomic E-state index is 0.164. The van der Waals surface area contributed by atoms with Crippen molar-refractivity contribution >= 4 is 45.8 Å². The highest BCUT2D eigenvalue weighted by Gasteiger charge is 2.39. The van der Waals surface area contributed by atoms with E-state index in [9.17, 15) is 19.2 Å². The first-order valence-corrected chi connectivity index (χ1v) is 9.96. The van der Waals surface area contributed by atoms with E-state index in [4.69, 9.17) is 0 Å². The minimum Gasteiger partial charge on any atom is -0.380 e. The lowest BCUT2D eigenvalue weighted by molar-refractivity contribution is -0.137. The predicted molar refractivity (Wildman–Crippen MR) is 106 cm³/mol. The Bertz CT molecular complexity index is 1020. The highest BCUT2D eigenvalue weighted by atomic mass is 32.1. The van der Waals surface area contributed by atoms with Gasteiger partial charge in [-0.1, -0.05) is 11.3 Å². The Balaban J connectivity index is 1.42. The third-order valence-electron chi connectivity index (χ3n) is 4.83. The first kappa shape index (κ1) is 19.1. The van der Waals surface area contributed by atoms with Crippen LogP contribution in [0.1, 0.15) is 40.6 Å². The van der Waals surface area contributed by atoms with E-state index in [1.54, 1.807) is 12.3 Å². The molecule has 1 aromatic heterocycles. The molecule has 10 heteroatoms. The standard InChI is InChI=1S/C19H19N5O4S/c1-10(25)22-19-21-8-13(29-19)7-20-12-2-3-14-11(6-12)9-24(18(14)28)15-4-5-16(26)23-17(15)27/h2-3,6,8,15,20H,4-5,7,9H2,1H3,(H,21,22,25)(H,23,26,27). The molecule has 4 amide bonds. The van der Waals surface area contributed by atoms with Crippen LogP contribution in [0.25, 0.3) is 0 Å². The Kier molecular flexibility index (Phi) is 5.01. The van der Waals surface area contributed by atoms with E-state index in [0.717, 1.165) is 16.1 Å². The van der Waals surface area contributed by atoms with Gasteiger partial charge in [0.05, 0.1) is 6.54 Å². The van der Waals surface area contributed by atoms with Crippen molar-refractivity contribution in [2.45, 2.75) is 38.9 Å². The summed E-state index contributed by atoms with van der Waals surface area (Å²) in [5.74, 6) is -1.07. The lowest BCUT2D eigenvalue weighted by atomic mass is 10.0. The van der Waals surface area contributed by atoms with Crippen molar-refractivity contribution in [1.82, 2.24) is 15.2 Å². The molecule has 150 valence electrons. The Morgan fingerprint density at radius 3 is 2.93 bits per heavy atom. The fourth-order valence-electron chi connectivity index (χ4n) is 3.47. The highest BCUT2D eigenvalue weighted by Crippen LogP contribution is 2.30. The third-order valence-corrected chi connectivity index (χ3v) is 5.74. The molecule has 1 fully saturated rings. The summed E-state index contributed by atoms with van der Waals surface area (Å²) in [5, 5.41) is 8.79. The molecule has 4 rings (SSSR count). The second-order valence-corrected chi connectivity index (χ2v) is 8.05. The van der Waals surface area contributed by atoms with Crippen LogP contribution in [0.2, 0.25) is 0 Å². The molecule has 0 bridgehead atoms. The fourth-order valence-corrected chi connectivity index (χ4v) is 4.27. The number of nitrogens with zero attached hydrogens (tertiary/aromatic N) is 2. The number of imide groups is 1. The summed E-state index contributed by atoms with van der Waals surface area (Å²) in [6, 6.07) is 4.85. The third kappa shape index (κ3) is 3.97. The number of rotatable bonds is 5. The van der Waals surface area contributed by atoms with Crippen molar-refractivity contribution in [3.8, 4) is 0 Å². The molecule has 0 spiro atoms. The largest absolute Gasteiger partial charge is 0.380 e. The van der Waals surface area contributed by atoms with Crippen molar-refractivity contribution in [2.24, 2.45) is 0 Å². The van der Waals surface area contributed by atoms with Crippen molar-refractivity contribution in [3.05, 3.63) is 40.4 Å². The molecular weight excluding hydrogens is 394 g/mol. The van der Waals surface area contributed by atoms with Gasteiger partial charge < -0.3 is 15.5 Å². The summed E-state index contributed by atoms with van der Waals surface area (Å²) in [6.07, 6.45) is 2.28. The van der Waals surface area contributed by atoms with Crippen molar-refractivity contribution in [3.63, 3.8) is 0 Å². The van der Waals surface area contributed by atoms with Gasteiger partial charge in [0.2, 0.25) is 17.7 Å².